The summed E-state index contributed by atoms with van der Waals surface area (Å²) < 4.78 is 17.5. The first-order valence-electron chi connectivity index (χ1n) is 13.7. The normalized spacial score (nSPS) is 18.9. The number of hydrogen-bond acceptors (Lipinski definition) is 10. The van der Waals surface area contributed by atoms with E-state index in [-0.39, 0.29) is 0 Å². The van der Waals surface area contributed by atoms with E-state index in [1.165, 1.54) is 0 Å². The minimum atomic E-state index is -0.541. The Balaban J connectivity index is 1.34. The molecule has 2 saturated heterocycles. The Hall–Kier alpha value is -3.70. The number of hydrogen-bond donors (Lipinski definition) is 1. The molecule has 4 aliphatic heterocycles. The minimum absolute atomic E-state index is 0.334. The highest BCUT2D eigenvalue weighted by atomic mass is 16.5. The van der Waals surface area contributed by atoms with Crippen LogP contribution in [0.4, 0.5) is 11.5 Å². The summed E-state index contributed by atoms with van der Waals surface area (Å²) in [6, 6.07) is 7.53. The Morgan fingerprint density at radius 3 is 2.64 bits per heavy atom. The van der Waals surface area contributed by atoms with Crippen LogP contribution in [0.1, 0.15) is 40.9 Å². The van der Waals surface area contributed by atoms with Crippen molar-refractivity contribution in [2.75, 3.05) is 77.6 Å². The smallest absolute Gasteiger partial charge is 0.251 e. The molecule has 0 unspecified atom stereocenters. The van der Waals surface area contributed by atoms with Crippen LogP contribution >= 0.6 is 0 Å². The zero-order valence-corrected chi connectivity index (χ0v) is 22.4. The van der Waals surface area contributed by atoms with Gasteiger partial charge in [0.15, 0.2) is 17.3 Å². The second kappa shape index (κ2) is 11.2. The van der Waals surface area contributed by atoms with Gasteiger partial charge in [0.1, 0.15) is 23.0 Å². The van der Waals surface area contributed by atoms with Gasteiger partial charge in [0, 0.05) is 44.8 Å². The summed E-state index contributed by atoms with van der Waals surface area (Å²) in [5, 5.41) is 0. The fourth-order valence-electron chi connectivity index (χ4n) is 5.62. The van der Waals surface area contributed by atoms with Crippen LogP contribution in [0.5, 0.6) is 11.5 Å². The number of methoxy groups -OCH3 is 1. The molecule has 4 aliphatic rings. The molecule has 39 heavy (non-hydrogen) atoms. The lowest BCUT2D eigenvalue weighted by atomic mass is 10.0. The fourth-order valence-corrected chi connectivity index (χ4v) is 5.62. The van der Waals surface area contributed by atoms with Crippen molar-refractivity contribution in [1.82, 2.24) is 14.8 Å². The molecule has 0 spiro atoms. The van der Waals surface area contributed by atoms with E-state index >= 15 is 0 Å². The van der Waals surface area contributed by atoms with Gasteiger partial charge >= 0.3 is 0 Å². The summed E-state index contributed by atoms with van der Waals surface area (Å²) in [6.07, 6.45) is 3.14. The van der Waals surface area contributed by atoms with Crippen molar-refractivity contribution in [1.29, 1.82) is 0 Å². The summed E-state index contributed by atoms with van der Waals surface area (Å²) in [5.41, 5.74) is 8.10. The maximum atomic E-state index is 12.5. The molecule has 2 fully saturated rings. The van der Waals surface area contributed by atoms with E-state index in [2.05, 4.69) is 9.80 Å². The minimum Gasteiger partial charge on any atom is -0.491 e. The summed E-state index contributed by atoms with van der Waals surface area (Å²) in [5.74, 6) is 2.79. The van der Waals surface area contributed by atoms with Crippen molar-refractivity contribution < 1.29 is 19.0 Å². The molecule has 0 saturated carbocycles. The van der Waals surface area contributed by atoms with E-state index < -0.39 is 5.91 Å². The van der Waals surface area contributed by atoms with E-state index in [1.807, 2.05) is 23.1 Å². The molecule has 5 heterocycles. The number of aromatic nitrogens is 1. The zero-order valence-electron chi connectivity index (χ0n) is 22.4. The Labute approximate surface area is 228 Å². The number of amidine groups is 2. The average molecular weight is 534 g/mol. The number of pyridine rings is 1. The van der Waals surface area contributed by atoms with Gasteiger partial charge in [0.25, 0.3) is 5.91 Å². The second-order valence-corrected chi connectivity index (χ2v) is 10.1. The van der Waals surface area contributed by atoms with Crippen molar-refractivity contribution in [3.05, 3.63) is 41.1 Å². The first kappa shape index (κ1) is 25.6. The molecule has 11 heteroatoms. The Morgan fingerprint density at radius 2 is 1.87 bits per heavy atom. The Morgan fingerprint density at radius 1 is 1.05 bits per heavy atom. The molecule has 0 radical (unpaired) electrons. The van der Waals surface area contributed by atoms with E-state index in [9.17, 15) is 4.79 Å². The number of rotatable bonds is 9. The van der Waals surface area contributed by atoms with E-state index in [4.69, 9.17) is 34.9 Å². The predicted molar refractivity (Wildman–Crippen MR) is 149 cm³/mol. The van der Waals surface area contributed by atoms with E-state index in [0.29, 0.717) is 54.0 Å². The van der Waals surface area contributed by atoms with Crippen LogP contribution in [0.2, 0.25) is 0 Å². The van der Waals surface area contributed by atoms with Crippen molar-refractivity contribution in [2.45, 2.75) is 19.3 Å². The molecule has 206 valence electrons. The van der Waals surface area contributed by atoms with Crippen LogP contribution in [0.25, 0.3) is 0 Å². The standard InChI is InChI=1S/C28H35N7O4/c1-37-25-21(39-16-4-10-33-14-17-38-18-15-33)7-5-20-23(25)32-28(35-13-9-30-27(20)35)24-19(26(29)36)6-8-22(31-24)34-11-2-3-12-34/h5-8H,2-4,9-18H2,1H3,(H2,29,36). The molecule has 1 aromatic heterocycles. The van der Waals surface area contributed by atoms with Gasteiger partial charge in [0.2, 0.25) is 0 Å². The molecular formula is C28H35N7O4. The number of carbonyl (C=O) groups is 1. The van der Waals surface area contributed by atoms with E-state index in [1.54, 1.807) is 13.2 Å². The fraction of sp³-hybridized carbons (Fsp3) is 0.500. The van der Waals surface area contributed by atoms with Crippen molar-refractivity contribution in [2.24, 2.45) is 15.7 Å². The highest BCUT2D eigenvalue weighted by Gasteiger charge is 2.35. The molecule has 0 atom stereocenters. The molecule has 1 amide bonds. The number of benzene rings is 1. The summed E-state index contributed by atoms with van der Waals surface area (Å²) in [6.45, 7) is 8.14. The maximum absolute atomic E-state index is 12.5. The summed E-state index contributed by atoms with van der Waals surface area (Å²) in [4.78, 5) is 33.9. The number of nitrogens with two attached hydrogens (primary N) is 1. The van der Waals surface area contributed by atoms with Crippen LogP contribution in [-0.4, -0.2) is 105 Å². The lowest BCUT2D eigenvalue weighted by Crippen LogP contribution is -2.40. The zero-order chi connectivity index (χ0) is 26.8. The Bertz CT molecular complexity index is 1300. The molecule has 0 aliphatic carbocycles. The number of anilines is 1. The number of amides is 1. The number of aliphatic imine (C=N–C) groups is 2. The second-order valence-electron chi connectivity index (χ2n) is 10.1. The Kier molecular flexibility index (Phi) is 7.34. The lowest BCUT2D eigenvalue weighted by Gasteiger charge is -2.29. The number of nitrogens with zero attached hydrogens (tertiary/aromatic N) is 6. The monoisotopic (exact) mass is 533 g/mol. The molecule has 1 aromatic carbocycles. The van der Waals surface area contributed by atoms with Crippen molar-refractivity contribution >= 4 is 29.1 Å². The van der Waals surface area contributed by atoms with Crippen LogP contribution in [0.15, 0.2) is 34.3 Å². The molecule has 11 nitrogen and oxygen atoms in total. The van der Waals surface area contributed by atoms with Gasteiger partial charge in [-0.2, -0.15) is 0 Å². The van der Waals surface area contributed by atoms with Gasteiger partial charge in [-0.1, -0.05) is 0 Å². The maximum Gasteiger partial charge on any atom is 0.251 e. The highest BCUT2D eigenvalue weighted by Crippen LogP contribution is 2.44. The third-order valence-corrected chi connectivity index (χ3v) is 7.62. The summed E-state index contributed by atoms with van der Waals surface area (Å²) in [7, 11) is 1.62. The SMILES string of the molecule is COc1c(OCCCN2CCOCC2)ccc2c1N=C(c1nc(N3CCCC3)ccc1C(N)=O)N1CCN=C21. The van der Waals surface area contributed by atoms with Crippen LogP contribution in [0.3, 0.4) is 0 Å². The summed E-state index contributed by atoms with van der Waals surface area (Å²) >= 11 is 0. The first-order chi connectivity index (χ1) is 19.1. The predicted octanol–water partition coefficient (Wildman–Crippen LogP) is 2.04. The number of ether oxygens (including phenoxy) is 3. The van der Waals surface area contributed by atoms with E-state index in [0.717, 1.165) is 82.4 Å². The van der Waals surface area contributed by atoms with Gasteiger partial charge < -0.3 is 29.7 Å². The largest absolute Gasteiger partial charge is 0.491 e. The number of morpholine rings is 1. The number of carbonyl (C=O) groups excluding carboxylic acids is 1. The first-order valence-corrected chi connectivity index (χ1v) is 13.7. The van der Waals surface area contributed by atoms with Gasteiger partial charge in [-0.3, -0.25) is 14.7 Å². The third kappa shape index (κ3) is 5.04. The van der Waals surface area contributed by atoms with Gasteiger partial charge in [-0.15, -0.1) is 0 Å². The quantitative estimate of drug-likeness (QED) is 0.487. The van der Waals surface area contributed by atoms with Gasteiger partial charge in [-0.05, 0) is 43.5 Å². The topological polar surface area (TPSA) is 118 Å². The average Bonchev–Trinajstić information content (AvgIpc) is 3.68. The van der Waals surface area contributed by atoms with Crippen molar-refractivity contribution in [3.8, 4) is 11.5 Å². The third-order valence-electron chi connectivity index (χ3n) is 7.62. The molecule has 6 rings (SSSR count). The number of primary amides is 1. The van der Waals surface area contributed by atoms with Crippen LogP contribution in [-0.2, 0) is 4.74 Å². The van der Waals surface area contributed by atoms with Gasteiger partial charge in [0.05, 0.1) is 39.0 Å². The highest BCUT2D eigenvalue weighted by molar-refractivity contribution is 6.22. The van der Waals surface area contributed by atoms with Crippen LogP contribution in [0, 0.1) is 0 Å². The van der Waals surface area contributed by atoms with Gasteiger partial charge in [-0.25, -0.2) is 9.98 Å². The van der Waals surface area contributed by atoms with Crippen LogP contribution < -0.4 is 20.1 Å². The molecule has 2 N–H and O–H groups in total. The molecular weight excluding hydrogens is 498 g/mol. The number of fused-ring (bicyclic) bond motifs is 3. The van der Waals surface area contributed by atoms with Crippen molar-refractivity contribution in [3.63, 3.8) is 0 Å². The molecule has 0 bridgehead atoms. The molecule has 2 aromatic rings. The lowest BCUT2D eigenvalue weighted by molar-refractivity contribution is 0.0357.